The van der Waals surface area contributed by atoms with E-state index in [9.17, 15) is 18.0 Å². The van der Waals surface area contributed by atoms with Crippen molar-refractivity contribution in [1.82, 2.24) is 9.78 Å². The highest BCUT2D eigenvalue weighted by Gasteiger charge is 2.38. The summed E-state index contributed by atoms with van der Waals surface area (Å²) in [6.07, 6.45) is -4.78. The summed E-state index contributed by atoms with van der Waals surface area (Å²) in [5.74, 6) is 0.563. The van der Waals surface area contributed by atoms with Gasteiger partial charge in [0.1, 0.15) is 5.75 Å². The minimum Gasteiger partial charge on any atom is -0.497 e. The Morgan fingerprint density at radius 1 is 1.00 bits per heavy atom. The molecule has 1 aromatic heterocycles. The number of para-hydroxylation sites is 1. The van der Waals surface area contributed by atoms with Gasteiger partial charge < -0.3 is 4.74 Å². The number of aromatic nitrogens is 2. The minimum absolute atomic E-state index is 0.258. The number of methoxy groups -OCH3 is 1. The van der Waals surface area contributed by atoms with Crippen LogP contribution < -0.4 is 10.3 Å². The Morgan fingerprint density at radius 2 is 1.65 bits per heavy atom. The molecule has 0 saturated carbocycles. The van der Waals surface area contributed by atoms with E-state index in [2.05, 4.69) is 15.3 Å². The van der Waals surface area contributed by atoms with Crippen molar-refractivity contribution in [2.45, 2.75) is 6.18 Å². The number of nitrogens with one attached hydrogen (secondary N) is 1. The lowest BCUT2D eigenvalue weighted by Crippen LogP contribution is -2.13. The number of halogens is 3. The van der Waals surface area contributed by atoms with Gasteiger partial charge in [-0.05, 0) is 36.4 Å². The van der Waals surface area contributed by atoms with Crippen LogP contribution in [0.5, 0.6) is 5.75 Å². The Balaban J connectivity index is 2.06. The van der Waals surface area contributed by atoms with Crippen LogP contribution in [0.25, 0.3) is 5.69 Å². The van der Waals surface area contributed by atoms with Crippen LogP contribution in [0, 0.1) is 0 Å². The normalized spacial score (nSPS) is 11.8. The monoisotopic (exact) mass is 362 g/mol. The quantitative estimate of drug-likeness (QED) is 0.689. The molecule has 0 aliphatic rings. The number of H-pyrrole nitrogens is 1. The van der Waals surface area contributed by atoms with E-state index >= 15 is 0 Å². The number of ether oxygens (including phenoxy) is 1. The molecule has 0 spiro atoms. The second-order valence-electron chi connectivity index (χ2n) is 5.21. The summed E-state index contributed by atoms with van der Waals surface area (Å²) in [5.41, 5.74) is -2.47. The van der Waals surface area contributed by atoms with Gasteiger partial charge in [0.15, 0.2) is 11.4 Å². The highest BCUT2D eigenvalue weighted by molar-refractivity contribution is 5.46. The van der Waals surface area contributed by atoms with Gasteiger partial charge >= 0.3 is 6.18 Å². The average molecular weight is 362 g/mol. The molecule has 0 aliphatic heterocycles. The first-order valence-electron chi connectivity index (χ1n) is 7.43. The van der Waals surface area contributed by atoms with E-state index < -0.39 is 23.1 Å². The molecule has 0 amide bonds. The summed E-state index contributed by atoms with van der Waals surface area (Å²) < 4.78 is 45.6. The van der Waals surface area contributed by atoms with Crippen molar-refractivity contribution in [3.05, 3.63) is 70.6 Å². The molecule has 0 unspecified atom stereocenters. The fraction of sp³-hybridized carbons (Fsp3) is 0.118. The van der Waals surface area contributed by atoms with Crippen LogP contribution in [0.4, 0.5) is 24.5 Å². The van der Waals surface area contributed by atoms with Crippen LogP contribution >= 0.6 is 0 Å². The first-order valence-corrected chi connectivity index (χ1v) is 7.43. The van der Waals surface area contributed by atoms with E-state index in [1.54, 1.807) is 30.3 Å². The van der Waals surface area contributed by atoms with E-state index in [-0.39, 0.29) is 11.4 Å². The smallest absolute Gasteiger partial charge is 0.435 e. The number of aromatic amines is 1. The largest absolute Gasteiger partial charge is 0.497 e. The predicted molar refractivity (Wildman–Crippen MR) is 88.6 cm³/mol. The number of rotatable bonds is 4. The molecule has 9 heteroatoms. The summed E-state index contributed by atoms with van der Waals surface area (Å²) in [7, 11) is 1.48. The fourth-order valence-corrected chi connectivity index (χ4v) is 2.23. The van der Waals surface area contributed by atoms with Gasteiger partial charge in [0, 0.05) is 0 Å². The summed E-state index contributed by atoms with van der Waals surface area (Å²) in [6, 6.07) is 14.1. The molecule has 0 aliphatic carbocycles. The van der Waals surface area contributed by atoms with E-state index in [0.717, 1.165) is 4.68 Å². The maximum atomic E-state index is 13.3. The van der Waals surface area contributed by atoms with Crippen molar-refractivity contribution in [1.29, 1.82) is 0 Å². The Bertz CT molecular complexity index is 974. The van der Waals surface area contributed by atoms with Gasteiger partial charge in [-0.15, -0.1) is 5.11 Å². The zero-order chi connectivity index (χ0) is 18.7. The van der Waals surface area contributed by atoms with Crippen molar-refractivity contribution in [2.24, 2.45) is 10.2 Å². The lowest BCUT2D eigenvalue weighted by molar-refractivity contribution is -0.140. The molecule has 3 rings (SSSR count). The van der Waals surface area contributed by atoms with E-state index in [1.807, 2.05) is 0 Å². The molecule has 0 radical (unpaired) electrons. The van der Waals surface area contributed by atoms with Gasteiger partial charge in [-0.25, -0.2) is 4.68 Å². The molecule has 2 aromatic carbocycles. The number of hydrogen-bond donors (Lipinski definition) is 1. The SMILES string of the molecule is COc1ccc(N=Nc2c(C(F)(F)F)[nH]n(-c3ccccc3)c2=O)cc1. The lowest BCUT2D eigenvalue weighted by Gasteiger charge is -2.04. The van der Waals surface area contributed by atoms with Gasteiger partial charge in [-0.1, -0.05) is 18.2 Å². The zero-order valence-electron chi connectivity index (χ0n) is 13.5. The van der Waals surface area contributed by atoms with Gasteiger partial charge in [-0.3, -0.25) is 9.89 Å². The first kappa shape index (κ1) is 17.5. The molecule has 1 N–H and O–H groups in total. The second kappa shape index (κ2) is 6.87. The van der Waals surface area contributed by atoms with Gasteiger partial charge in [0.2, 0.25) is 0 Å². The summed E-state index contributed by atoms with van der Waals surface area (Å²) in [5, 5.41) is 9.34. The standard InChI is InChI=1S/C17H13F3N4O2/c1-26-13-9-7-11(8-10-13)21-22-14-15(17(18,19)20)23-24(16(14)25)12-5-3-2-4-6-12/h2-10,23H,1H3. The van der Waals surface area contributed by atoms with Crippen LogP contribution in [0.3, 0.4) is 0 Å². The number of benzene rings is 2. The highest BCUT2D eigenvalue weighted by atomic mass is 19.4. The molecule has 134 valence electrons. The van der Waals surface area contributed by atoms with Crippen LogP contribution in [0.15, 0.2) is 69.6 Å². The number of nitrogens with zero attached hydrogens (tertiary/aromatic N) is 3. The van der Waals surface area contributed by atoms with Crippen molar-refractivity contribution < 1.29 is 17.9 Å². The Hall–Kier alpha value is -3.36. The molecule has 0 atom stereocenters. The molecule has 0 bridgehead atoms. The van der Waals surface area contributed by atoms with Crippen LogP contribution in [-0.2, 0) is 6.18 Å². The molecule has 1 heterocycles. The van der Waals surface area contributed by atoms with E-state index in [1.165, 1.54) is 31.4 Å². The summed E-state index contributed by atoms with van der Waals surface area (Å²) >= 11 is 0. The number of alkyl halides is 3. The second-order valence-corrected chi connectivity index (χ2v) is 5.21. The lowest BCUT2D eigenvalue weighted by atomic mass is 10.3. The molecular formula is C17H13F3N4O2. The van der Waals surface area contributed by atoms with Gasteiger partial charge in [-0.2, -0.15) is 18.3 Å². The van der Waals surface area contributed by atoms with Crippen molar-refractivity contribution in [2.75, 3.05) is 7.11 Å². The third-order valence-electron chi connectivity index (χ3n) is 3.50. The van der Waals surface area contributed by atoms with Crippen LogP contribution in [-0.4, -0.2) is 16.9 Å². The fourth-order valence-electron chi connectivity index (χ4n) is 2.23. The third kappa shape index (κ3) is 3.51. The van der Waals surface area contributed by atoms with Crippen molar-refractivity contribution in [3.8, 4) is 11.4 Å². The van der Waals surface area contributed by atoms with Gasteiger partial charge in [0.05, 0.1) is 18.5 Å². The molecule has 0 saturated heterocycles. The minimum atomic E-state index is -4.78. The van der Waals surface area contributed by atoms with E-state index in [4.69, 9.17) is 4.74 Å². The maximum Gasteiger partial charge on any atom is 0.435 e. The van der Waals surface area contributed by atoms with Crippen molar-refractivity contribution >= 4 is 11.4 Å². The molecule has 6 nitrogen and oxygen atoms in total. The zero-order valence-corrected chi connectivity index (χ0v) is 13.5. The first-order chi connectivity index (χ1) is 12.4. The van der Waals surface area contributed by atoms with Crippen LogP contribution in [0.2, 0.25) is 0 Å². The summed E-state index contributed by atoms with van der Waals surface area (Å²) in [4.78, 5) is 12.4. The van der Waals surface area contributed by atoms with Crippen LogP contribution in [0.1, 0.15) is 5.69 Å². The molecule has 3 aromatic rings. The topological polar surface area (TPSA) is 71.7 Å². The van der Waals surface area contributed by atoms with Crippen molar-refractivity contribution in [3.63, 3.8) is 0 Å². The Morgan fingerprint density at radius 3 is 2.23 bits per heavy atom. The van der Waals surface area contributed by atoms with Gasteiger partial charge in [0.25, 0.3) is 5.56 Å². The Kier molecular flexibility index (Phi) is 4.61. The summed E-state index contributed by atoms with van der Waals surface area (Å²) in [6.45, 7) is 0. The van der Waals surface area contributed by atoms with E-state index in [0.29, 0.717) is 5.75 Å². The molecular weight excluding hydrogens is 349 g/mol. The number of hydrogen-bond acceptors (Lipinski definition) is 4. The maximum absolute atomic E-state index is 13.3. The average Bonchev–Trinajstić information content (AvgIpc) is 2.98. The Labute approximate surface area is 145 Å². The highest BCUT2D eigenvalue weighted by Crippen LogP contribution is 2.34. The molecule has 0 fully saturated rings. The third-order valence-corrected chi connectivity index (χ3v) is 3.50. The predicted octanol–water partition coefficient (Wildman–Crippen LogP) is 4.61. The molecule has 26 heavy (non-hydrogen) atoms. The number of azo groups is 1.